The van der Waals surface area contributed by atoms with Crippen molar-refractivity contribution in [1.82, 2.24) is 0 Å². The summed E-state index contributed by atoms with van der Waals surface area (Å²) < 4.78 is 11.4. The number of rotatable bonds is 10. The summed E-state index contributed by atoms with van der Waals surface area (Å²) in [5.74, 6) is 0.760. The van der Waals surface area contributed by atoms with Crippen molar-refractivity contribution in [3.05, 3.63) is 23.8 Å². The van der Waals surface area contributed by atoms with Gasteiger partial charge in [0.05, 0.1) is 6.10 Å². The fourth-order valence-corrected chi connectivity index (χ4v) is 2.44. The molecule has 0 aliphatic rings. The van der Waals surface area contributed by atoms with Crippen LogP contribution in [0.5, 0.6) is 5.75 Å². The molecule has 1 amide bonds. The molecule has 24 heavy (non-hydrogen) atoms. The van der Waals surface area contributed by atoms with E-state index in [0.29, 0.717) is 0 Å². The molecular formula is C20H33NO3. The van der Waals surface area contributed by atoms with Crippen molar-refractivity contribution in [2.75, 3.05) is 12.4 Å². The lowest BCUT2D eigenvalue weighted by atomic mass is 9.97. The van der Waals surface area contributed by atoms with E-state index in [-0.39, 0.29) is 12.0 Å². The van der Waals surface area contributed by atoms with E-state index in [2.05, 4.69) is 26.1 Å². The number of carbonyl (C=O) groups excluding carboxylic acids is 1. The van der Waals surface area contributed by atoms with Gasteiger partial charge in [-0.2, -0.15) is 0 Å². The molecule has 0 aromatic heterocycles. The van der Waals surface area contributed by atoms with Crippen molar-refractivity contribution in [3.63, 3.8) is 0 Å². The van der Waals surface area contributed by atoms with E-state index in [0.717, 1.165) is 49.1 Å². The van der Waals surface area contributed by atoms with Gasteiger partial charge < -0.3 is 14.8 Å². The third-order valence-electron chi connectivity index (χ3n) is 4.52. The Bertz CT molecular complexity index is 530. The van der Waals surface area contributed by atoms with E-state index in [1.807, 2.05) is 32.0 Å². The summed E-state index contributed by atoms with van der Waals surface area (Å²) in [5, 5.41) is 2.98. The van der Waals surface area contributed by atoms with Crippen molar-refractivity contribution in [1.29, 1.82) is 0 Å². The van der Waals surface area contributed by atoms with E-state index in [4.69, 9.17) is 9.47 Å². The monoisotopic (exact) mass is 335 g/mol. The minimum Gasteiger partial charge on any atom is -0.490 e. The lowest BCUT2D eigenvalue weighted by Crippen LogP contribution is -2.41. The first-order valence-electron chi connectivity index (χ1n) is 9.00. The van der Waals surface area contributed by atoms with Gasteiger partial charge in [0.2, 0.25) is 0 Å². The second kappa shape index (κ2) is 9.67. The molecule has 0 unspecified atom stereocenters. The third kappa shape index (κ3) is 5.82. The standard InChI is InChI=1S/C20H33NO3/c1-7-9-10-13-20(5,23-6)19(22)21-17-11-12-18(15(3)14-17)24-16(4)8-2/h11-12,14,16H,7-10,13H2,1-6H3,(H,21,22)/t16-,20-/m1/s1. The lowest BCUT2D eigenvalue weighted by Gasteiger charge is -2.27. The topological polar surface area (TPSA) is 47.6 Å². The molecule has 0 aliphatic heterocycles. The molecule has 0 saturated heterocycles. The number of hydrogen-bond donors (Lipinski definition) is 1. The molecule has 0 saturated carbocycles. The molecule has 0 heterocycles. The molecule has 1 aromatic rings. The summed E-state index contributed by atoms with van der Waals surface area (Å²) >= 11 is 0. The van der Waals surface area contributed by atoms with Crippen LogP contribution in [0, 0.1) is 6.92 Å². The number of ether oxygens (including phenoxy) is 2. The van der Waals surface area contributed by atoms with Crippen LogP contribution in [-0.4, -0.2) is 24.7 Å². The number of amides is 1. The highest BCUT2D eigenvalue weighted by Gasteiger charge is 2.32. The van der Waals surface area contributed by atoms with Crippen molar-refractivity contribution < 1.29 is 14.3 Å². The van der Waals surface area contributed by atoms with Crippen LogP contribution < -0.4 is 10.1 Å². The maximum Gasteiger partial charge on any atom is 0.256 e. The zero-order valence-corrected chi connectivity index (χ0v) is 16.1. The van der Waals surface area contributed by atoms with Crippen LogP contribution in [0.2, 0.25) is 0 Å². The Balaban J connectivity index is 2.76. The van der Waals surface area contributed by atoms with E-state index in [9.17, 15) is 4.79 Å². The first-order chi connectivity index (χ1) is 11.4. The molecule has 4 heteroatoms. The van der Waals surface area contributed by atoms with Gasteiger partial charge in [0, 0.05) is 12.8 Å². The van der Waals surface area contributed by atoms with E-state index in [1.165, 1.54) is 0 Å². The Kier molecular flexibility index (Phi) is 8.26. The van der Waals surface area contributed by atoms with Gasteiger partial charge in [0.1, 0.15) is 11.4 Å². The number of anilines is 1. The summed E-state index contributed by atoms with van der Waals surface area (Å²) in [7, 11) is 1.60. The number of benzene rings is 1. The molecule has 0 spiro atoms. The fraction of sp³-hybridized carbons (Fsp3) is 0.650. The zero-order chi connectivity index (χ0) is 18.2. The smallest absolute Gasteiger partial charge is 0.256 e. The highest BCUT2D eigenvalue weighted by atomic mass is 16.5. The SMILES string of the molecule is CCCCC[C@@](C)(OC)C(=O)Nc1ccc(O[C@H](C)CC)c(C)c1. The quantitative estimate of drug-likeness (QED) is 0.605. The van der Waals surface area contributed by atoms with Crippen molar-refractivity contribution in [2.24, 2.45) is 0 Å². The lowest BCUT2D eigenvalue weighted by molar-refractivity contribution is -0.136. The van der Waals surface area contributed by atoms with Gasteiger partial charge in [-0.25, -0.2) is 0 Å². The number of hydrogen-bond acceptors (Lipinski definition) is 3. The van der Waals surface area contributed by atoms with Crippen LogP contribution in [-0.2, 0) is 9.53 Å². The number of unbranched alkanes of at least 4 members (excludes halogenated alkanes) is 2. The molecular weight excluding hydrogens is 302 g/mol. The van der Waals surface area contributed by atoms with Gasteiger partial charge in [0.15, 0.2) is 0 Å². The van der Waals surface area contributed by atoms with Crippen LogP contribution in [0.4, 0.5) is 5.69 Å². The van der Waals surface area contributed by atoms with Gasteiger partial charge in [-0.1, -0.05) is 33.1 Å². The van der Waals surface area contributed by atoms with Gasteiger partial charge in [-0.15, -0.1) is 0 Å². The summed E-state index contributed by atoms with van der Waals surface area (Å²) in [6.45, 7) is 10.1. The largest absolute Gasteiger partial charge is 0.490 e. The predicted molar refractivity (Wildman–Crippen MR) is 99.7 cm³/mol. The molecule has 136 valence electrons. The average molecular weight is 335 g/mol. The Morgan fingerprint density at radius 3 is 2.54 bits per heavy atom. The Hall–Kier alpha value is -1.55. The fourth-order valence-electron chi connectivity index (χ4n) is 2.44. The first-order valence-corrected chi connectivity index (χ1v) is 9.00. The summed E-state index contributed by atoms with van der Waals surface area (Å²) in [6, 6.07) is 5.74. The minimum absolute atomic E-state index is 0.101. The van der Waals surface area contributed by atoms with Crippen molar-refractivity contribution in [2.45, 2.75) is 78.4 Å². The average Bonchev–Trinajstić information content (AvgIpc) is 2.57. The molecule has 1 rings (SSSR count). The number of nitrogens with one attached hydrogen (secondary N) is 1. The Labute approximate surface area is 146 Å². The number of methoxy groups -OCH3 is 1. The Morgan fingerprint density at radius 2 is 2.00 bits per heavy atom. The summed E-state index contributed by atoms with van der Waals surface area (Å²) in [6.07, 6.45) is 5.07. The molecule has 0 fully saturated rings. The minimum atomic E-state index is -0.797. The molecule has 0 aliphatic carbocycles. The third-order valence-corrected chi connectivity index (χ3v) is 4.52. The molecule has 2 atom stereocenters. The van der Waals surface area contributed by atoms with Gasteiger partial charge in [-0.05, 0) is 57.4 Å². The maximum atomic E-state index is 12.6. The normalized spacial score (nSPS) is 14.8. The van der Waals surface area contributed by atoms with Crippen LogP contribution in [0.3, 0.4) is 0 Å². The number of carbonyl (C=O) groups is 1. The molecule has 1 N–H and O–H groups in total. The van der Waals surface area contributed by atoms with Gasteiger partial charge in [0.25, 0.3) is 5.91 Å². The molecule has 4 nitrogen and oxygen atoms in total. The summed E-state index contributed by atoms with van der Waals surface area (Å²) in [5.41, 5.74) is 0.987. The molecule has 0 bridgehead atoms. The van der Waals surface area contributed by atoms with E-state index < -0.39 is 5.60 Å². The van der Waals surface area contributed by atoms with E-state index in [1.54, 1.807) is 7.11 Å². The van der Waals surface area contributed by atoms with Crippen LogP contribution in [0.15, 0.2) is 18.2 Å². The second-order valence-electron chi connectivity index (χ2n) is 6.66. The van der Waals surface area contributed by atoms with Crippen LogP contribution in [0.25, 0.3) is 0 Å². The first kappa shape index (κ1) is 20.5. The van der Waals surface area contributed by atoms with Crippen molar-refractivity contribution >= 4 is 11.6 Å². The van der Waals surface area contributed by atoms with E-state index >= 15 is 0 Å². The second-order valence-corrected chi connectivity index (χ2v) is 6.66. The van der Waals surface area contributed by atoms with Crippen LogP contribution in [0.1, 0.15) is 65.4 Å². The van der Waals surface area contributed by atoms with Gasteiger partial charge >= 0.3 is 0 Å². The molecule has 0 radical (unpaired) electrons. The highest BCUT2D eigenvalue weighted by Crippen LogP contribution is 2.26. The van der Waals surface area contributed by atoms with Crippen molar-refractivity contribution in [3.8, 4) is 5.75 Å². The predicted octanol–water partition coefficient (Wildman–Crippen LogP) is 5.10. The molecule has 1 aromatic carbocycles. The maximum absolute atomic E-state index is 12.6. The highest BCUT2D eigenvalue weighted by molar-refractivity contribution is 5.97. The Morgan fingerprint density at radius 1 is 1.29 bits per heavy atom. The van der Waals surface area contributed by atoms with Gasteiger partial charge in [-0.3, -0.25) is 4.79 Å². The van der Waals surface area contributed by atoms with Crippen LogP contribution >= 0.6 is 0 Å². The summed E-state index contributed by atoms with van der Waals surface area (Å²) in [4.78, 5) is 12.6. The number of aryl methyl sites for hydroxylation is 1. The zero-order valence-electron chi connectivity index (χ0n) is 16.1.